The van der Waals surface area contributed by atoms with Crippen LogP contribution in [0.25, 0.3) is 0 Å². The number of aromatic nitrogens is 1. The van der Waals surface area contributed by atoms with Gasteiger partial charge < -0.3 is 10.5 Å². The number of benzene rings is 1. The van der Waals surface area contributed by atoms with Crippen molar-refractivity contribution in [2.24, 2.45) is 5.73 Å². The van der Waals surface area contributed by atoms with Crippen LogP contribution in [0.5, 0.6) is 5.75 Å². The molecule has 0 radical (unpaired) electrons. The first-order chi connectivity index (χ1) is 9.65. The van der Waals surface area contributed by atoms with Crippen LogP contribution in [0.4, 0.5) is 0 Å². The monoisotopic (exact) mass is 307 g/mol. The average molecular weight is 308 g/mol. The molecule has 20 heavy (non-hydrogen) atoms. The fourth-order valence-corrected chi connectivity index (χ4v) is 2.32. The summed E-state index contributed by atoms with van der Waals surface area (Å²) in [5, 5.41) is 9.87. The molecule has 0 fully saturated rings. The highest BCUT2D eigenvalue weighted by molar-refractivity contribution is 6.35. The molecule has 2 rings (SSSR count). The lowest BCUT2D eigenvalue weighted by Gasteiger charge is -2.13. The van der Waals surface area contributed by atoms with Gasteiger partial charge in [0.25, 0.3) is 0 Å². The summed E-state index contributed by atoms with van der Waals surface area (Å²) in [5.74, 6) is 0.478. The topological polar surface area (TPSA) is 71.9 Å². The van der Waals surface area contributed by atoms with Crippen LogP contribution in [0.15, 0.2) is 30.5 Å². The standard InChI is InChI=1S/C14H11Cl2N3O/c15-11-4-10(6-17)14(12(16)5-11)20-8-9-2-1-3-19-13(9)7-18/h1-5H,6,8,17H2. The van der Waals surface area contributed by atoms with E-state index in [0.29, 0.717) is 32.6 Å². The molecule has 0 aliphatic carbocycles. The van der Waals surface area contributed by atoms with Crippen molar-refractivity contribution in [3.8, 4) is 11.8 Å². The Hall–Kier alpha value is -1.80. The summed E-state index contributed by atoms with van der Waals surface area (Å²) in [6.45, 7) is 0.443. The van der Waals surface area contributed by atoms with Gasteiger partial charge in [0.1, 0.15) is 24.1 Å². The van der Waals surface area contributed by atoms with E-state index in [0.717, 1.165) is 0 Å². The summed E-state index contributed by atoms with van der Waals surface area (Å²) in [4.78, 5) is 3.97. The van der Waals surface area contributed by atoms with Crippen LogP contribution < -0.4 is 10.5 Å². The molecule has 0 saturated heterocycles. The Kier molecular flexibility index (Phi) is 4.80. The van der Waals surface area contributed by atoms with Gasteiger partial charge in [-0.3, -0.25) is 0 Å². The fourth-order valence-electron chi connectivity index (χ4n) is 1.73. The Morgan fingerprint density at radius 3 is 2.80 bits per heavy atom. The smallest absolute Gasteiger partial charge is 0.147 e. The maximum Gasteiger partial charge on any atom is 0.147 e. The molecule has 0 aliphatic rings. The van der Waals surface area contributed by atoms with E-state index >= 15 is 0 Å². The molecule has 1 aromatic carbocycles. The van der Waals surface area contributed by atoms with E-state index < -0.39 is 0 Å². The third kappa shape index (κ3) is 3.20. The van der Waals surface area contributed by atoms with Gasteiger partial charge in [-0.2, -0.15) is 5.26 Å². The Morgan fingerprint density at radius 1 is 1.30 bits per heavy atom. The molecule has 0 atom stereocenters. The number of nitriles is 1. The minimum absolute atomic E-state index is 0.186. The lowest BCUT2D eigenvalue weighted by Crippen LogP contribution is -2.05. The summed E-state index contributed by atoms with van der Waals surface area (Å²) >= 11 is 12.0. The molecule has 0 unspecified atom stereocenters. The lowest BCUT2D eigenvalue weighted by atomic mass is 10.2. The zero-order valence-corrected chi connectivity index (χ0v) is 11.9. The number of nitrogens with two attached hydrogens (primary N) is 1. The molecular formula is C14H11Cl2N3O. The number of hydrogen-bond donors (Lipinski definition) is 1. The molecular weight excluding hydrogens is 297 g/mol. The van der Waals surface area contributed by atoms with Gasteiger partial charge in [-0.25, -0.2) is 4.98 Å². The average Bonchev–Trinajstić information content (AvgIpc) is 2.45. The van der Waals surface area contributed by atoms with Crippen molar-refractivity contribution >= 4 is 23.2 Å². The van der Waals surface area contributed by atoms with Gasteiger partial charge >= 0.3 is 0 Å². The van der Waals surface area contributed by atoms with Gasteiger partial charge in [0.2, 0.25) is 0 Å². The Labute approximate surface area is 126 Å². The second-order valence-electron chi connectivity index (χ2n) is 3.99. The van der Waals surface area contributed by atoms with Gasteiger partial charge in [0.15, 0.2) is 0 Å². The van der Waals surface area contributed by atoms with E-state index in [-0.39, 0.29) is 13.2 Å². The first kappa shape index (κ1) is 14.6. The van der Waals surface area contributed by atoms with Crippen molar-refractivity contribution in [1.82, 2.24) is 4.98 Å². The molecule has 2 N–H and O–H groups in total. The van der Waals surface area contributed by atoms with Crippen molar-refractivity contribution in [2.75, 3.05) is 0 Å². The van der Waals surface area contributed by atoms with Gasteiger partial charge in [-0.05, 0) is 18.2 Å². The molecule has 1 heterocycles. The predicted octanol–water partition coefficient (Wildman–Crippen LogP) is 3.30. The second-order valence-corrected chi connectivity index (χ2v) is 4.84. The Balaban J connectivity index is 2.25. The number of pyridine rings is 1. The molecule has 0 amide bonds. The van der Waals surface area contributed by atoms with Crippen molar-refractivity contribution in [3.05, 3.63) is 57.3 Å². The van der Waals surface area contributed by atoms with Crippen LogP contribution in [0.2, 0.25) is 10.0 Å². The van der Waals surface area contributed by atoms with Gasteiger partial charge in [-0.15, -0.1) is 0 Å². The van der Waals surface area contributed by atoms with Crippen LogP contribution in [-0.2, 0) is 13.2 Å². The first-order valence-corrected chi connectivity index (χ1v) is 6.56. The van der Waals surface area contributed by atoms with E-state index in [2.05, 4.69) is 4.98 Å². The van der Waals surface area contributed by atoms with Gasteiger partial charge in [0, 0.05) is 28.9 Å². The lowest BCUT2D eigenvalue weighted by molar-refractivity contribution is 0.302. The van der Waals surface area contributed by atoms with Crippen molar-refractivity contribution in [2.45, 2.75) is 13.2 Å². The highest BCUT2D eigenvalue weighted by Crippen LogP contribution is 2.32. The van der Waals surface area contributed by atoms with Gasteiger partial charge in [0.05, 0.1) is 5.02 Å². The van der Waals surface area contributed by atoms with Crippen molar-refractivity contribution < 1.29 is 4.74 Å². The van der Waals surface area contributed by atoms with E-state index in [1.54, 1.807) is 30.5 Å². The van der Waals surface area contributed by atoms with Crippen molar-refractivity contribution in [3.63, 3.8) is 0 Å². The highest BCUT2D eigenvalue weighted by Gasteiger charge is 2.11. The molecule has 0 bridgehead atoms. The molecule has 0 aliphatic heterocycles. The van der Waals surface area contributed by atoms with Crippen LogP contribution >= 0.6 is 23.2 Å². The molecule has 4 nitrogen and oxygen atoms in total. The third-order valence-electron chi connectivity index (χ3n) is 2.67. The molecule has 2 aromatic rings. The van der Waals surface area contributed by atoms with Crippen LogP contribution in [0, 0.1) is 11.3 Å². The van der Waals surface area contributed by atoms with E-state index in [1.807, 2.05) is 6.07 Å². The Morgan fingerprint density at radius 2 is 2.10 bits per heavy atom. The highest BCUT2D eigenvalue weighted by atomic mass is 35.5. The molecule has 102 valence electrons. The second kappa shape index (κ2) is 6.58. The fraction of sp³-hybridized carbons (Fsp3) is 0.143. The number of rotatable bonds is 4. The number of hydrogen-bond acceptors (Lipinski definition) is 4. The predicted molar refractivity (Wildman–Crippen MR) is 77.6 cm³/mol. The van der Waals surface area contributed by atoms with E-state index in [4.69, 9.17) is 38.9 Å². The zero-order chi connectivity index (χ0) is 14.5. The van der Waals surface area contributed by atoms with E-state index in [1.165, 1.54) is 0 Å². The minimum Gasteiger partial charge on any atom is -0.487 e. The summed E-state index contributed by atoms with van der Waals surface area (Å²) < 4.78 is 5.68. The molecule has 0 spiro atoms. The maximum absolute atomic E-state index is 8.98. The molecule has 0 saturated carbocycles. The van der Waals surface area contributed by atoms with Crippen LogP contribution in [0.3, 0.4) is 0 Å². The van der Waals surface area contributed by atoms with Crippen LogP contribution in [-0.4, -0.2) is 4.98 Å². The summed E-state index contributed by atoms with van der Waals surface area (Å²) in [6.07, 6.45) is 1.56. The van der Waals surface area contributed by atoms with Crippen LogP contribution in [0.1, 0.15) is 16.8 Å². The molecule has 1 aromatic heterocycles. The summed E-state index contributed by atoms with van der Waals surface area (Å²) in [6, 6.07) is 8.83. The number of halogens is 2. The van der Waals surface area contributed by atoms with E-state index in [9.17, 15) is 0 Å². The maximum atomic E-state index is 8.98. The summed E-state index contributed by atoms with van der Waals surface area (Å²) in [5.41, 5.74) is 7.37. The first-order valence-electron chi connectivity index (χ1n) is 5.80. The van der Waals surface area contributed by atoms with Gasteiger partial charge in [-0.1, -0.05) is 29.3 Å². The normalized spacial score (nSPS) is 10.1. The third-order valence-corrected chi connectivity index (χ3v) is 3.17. The largest absolute Gasteiger partial charge is 0.487 e. The quantitative estimate of drug-likeness (QED) is 0.940. The van der Waals surface area contributed by atoms with Crippen molar-refractivity contribution in [1.29, 1.82) is 5.26 Å². The minimum atomic E-state index is 0.186. The number of nitrogens with zero attached hydrogens (tertiary/aromatic N) is 2. The zero-order valence-electron chi connectivity index (χ0n) is 10.4. The summed E-state index contributed by atoms with van der Waals surface area (Å²) in [7, 11) is 0. The molecule has 6 heteroatoms. The number of ether oxygens (including phenoxy) is 1. The SMILES string of the molecule is N#Cc1ncccc1COc1c(Cl)cc(Cl)cc1CN. The Bertz CT molecular complexity index is 668.